The van der Waals surface area contributed by atoms with Crippen LogP contribution in [0.15, 0.2) is 24.3 Å². The lowest BCUT2D eigenvalue weighted by Gasteiger charge is -2.33. The molecule has 0 radical (unpaired) electrons. The van der Waals surface area contributed by atoms with Crippen molar-refractivity contribution in [3.63, 3.8) is 0 Å². The second kappa shape index (κ2) is 7.15. The molecule has 1 aliphatic rings. The van der Waals surface area contributed by atoms with Gasteiger partial charge in [-0.25, -0.2) is 9.48 Å². The van der Waals surface area contributed by atoms with Gasteiger partial charge >= 0.3 is 5.97 Å². The molecule has 8 heteroatoms. The molecule has 0 saturated heterocycles. The lowest BCUT2D eigenvalue weighted by Crippen LogP contribution is -2.55. The van der Waals surface area contributed by atoms with Crippen LogP contribution in [0.5, 0.6) is 5.75 Å². The first kappa shape index (κ1) is 17.9. The number of aliphatic carboxylic acids is 1. The highest BCUT2D eigenvalue weighted by Gasteiger charge is 2.41. The molecule has 1 aromatic carbocycles. The molecule has 0 unspecified atom stereocenters. The fourth-order valence-electron chi connectivity index (χ4n) is 3.33. The van der Waals surface area contributed by atoms with E-state index in [1.807, 2.05) is 12.1 Å². The molecule has 0 atom stereocenters. The van der Waals surface area contributed by atoms with Gasteiger partial charge in [-0.3, -0.25) is 4.79 Å². The van der Waals surface area contributed by atoms with Gasteiger partial charge in [-0.2, -0.15) is 0 Å². The Kier molecular flexibility index (Phi) is 4.92. The van der Waals surface area contributed by atoms with Crippen LogP contribution in [0.4, 0.5) is 0 Å². The van der Waals surface area contributed by atoms with Crippen molar-refractivity contribution in [3.8, 4) is 11.4 Å². The predicted molar refractivity (Wildman–Crippen MR) is 93.6 cm³/mol. The maximum atomic E-state index is 12.7. The summed E-state index contributed by atoms with van der Waals surface area (Å²) in [6.07, 6.45) is 3.41. The van der Waals surface area contributed by atoms with Gasteiger partial charge in [0.1, 0.15) is 11.3 Å². The number of nitrogens with one attached hydrogen (secondary N) is 1. The number of nitrogens with zero attached hydrogens (tertiary/aromatic N) is 3. The maximum absolute atomic E-state index is 12.7. The number of aromatic nitrogens is 3. The van der Waals surface area contributed by atoms with Gasteiger partial charge < -0.3 is 15.2 Å². The van der Waals surface area contributed by atoms with Crippen molar-refractivity contribution in [1.29, 1.82) is 0 Å². The van der Waals surface area contributed by atoms with Crippen LogP contribution < -0.4 is 10.1 Å². The van der Waals surface area contributed by atoms with Crippen molar-refractivity contribution in [2.24, 2.45) is 0 Å². The Morgan fingerprint density at radius 1 is 1.19 bits per heavy atom. The molecule has 1 heterocycles. The fourth-order valence-corrected chi connectivity index (χ4v) is 3.33. The second-order valence-corrected chi connectivity index (χ2v) is 6.54. The number of carbonyl (C=O) groups excluding carboxylic acids is 1. The quantitative estimate of drug-likeness (QED) is 0.848. The van der Waals surface area contributed by atoms with E-state index in [1.165, 1.54) is 0 Å². The Labute approximate surface area is 151 Å². The van der Waals surface area contributed by atoms with Crippen LogP contribution in [0.2, 0.25) is 0 Å². The summed E-state index contributed by atoms with van der Waals surface area (Å²) in [7, 11) is 1.59. The molecule has 3 rings (SSSR count). The summed E-state index contributed by atoms with van der Waals surface area (Å²) in [6, 6.07) is 7.19. The number of rotatable bonds is 5. The molecule has 1 fully saturated rings. The lowest BCUT2D eigenvalue weighted by atomic mass is 9.81. The smallest absolute Gasteiger partial charge is 0.329 e. The topological polar surface area (TPSA) is 106 Å². The molecule has 0 bridgehead atoms. The van der Waals surface area contributed by atoms with Gasteiger partial charge in [0.2, 0.25) is 0 Å². The first-order chi connectivity index (χ1) is 12.5. The Morgan fingerprint density at radius 2 is 1.85 bits per heavy atom. The third-order valence-corrected chi connectivity index (χ3v) is 4.90. The zero-order chi connectivity index (χ0) is 18.7. The number of hydrogen-bond acceptors (Lipinski definition) is 5. The molecule has 1 amide bonds. The average Bonchev–Trinajstić information content (AvgIpc) is 3.04. The number of carbonyl (C=O) groups is 2. The van der Waals surface area contributed by atoms with Crippen LogP contribution in [0.25, 0.3) is 5.69 Å². The number of ether oxygens (including phenoxy) is 1. The molecule has 2 aromatic rings. The van der Waals surface area contributed by atoms with Gasteiger partial charge in [-0.1, -0.05) is 24.5 Å². The zero-order valence-electron chi connectivity index (χ0n) is 14.9. The van der Waals surface area contributed by atoms with Gasteiger partial charge in [0.05, 0.1) is 18.5 Å². The molecule has 0 aliphatic heterocycles. The summed E-state index contributed by atoms with van der Waals surface area (Å²) < 4.78 is 6.68. The molecule has 0 spiro atoms. The van der Waals surface area contributed by atoms with Gasteiger partial charge in [0, 0.05) is 0 Å². The molecule has 2 N–H and O–H groups in total. The van der Waals surface area contributed by atoms with E-state index in [4.69, 9.17) is 4.74 Å². The first-order valence-corrected chi connectivity index (χ1v) is 8.59. The minimum absolute atomic E-state index is 0.131. The summed E-state index contributed by atoms with van der Waals surface area (Å²) in [6.45, 7) is 1.73. The highest BCUT2D eigenvalue weighted by molar-refractivity contribution is 5.97. The predicted octanol–water partition coefficient (Wildman–Crippen LogP) is 2.10. The van der Waals surface area contributed by atoms with Crippen LogP contribution >= 0.6 is 0 Å². The fraction of sp³-hybridized carbons (Fsp3) is 0.444. The standard InChI is InChI=1S/C18H22N4O4/c1-12-15(16(23)19-18(17(24)25)10-4-3-5-11-18)20-21-22(12)13-6-8-14(26-2)9-7-13/h6-9H,3-5,10-11H2,1-2H3,(H,19,23)(H,24,25). The maximum Gasteiger partial charge on any atom is 0.329 e. The molecule has 26 heavy (non-hydrogen) atoms. The number of carboxylic acid groups (broad SMARTS) is 1. The SMILES string of the molecule is COc1ccc(-n2nnc(C(=O)NC3(C(=O)O)CCCCC3)c2C)cc1. The minimum Gasteiger partial charge on any atom is -0.497 e. The molecule has 1 saturated carbocycles. The normalized spacial score (nSPS) is 16.1. The third-order valence-electron chi connectivity index (χ3n) is 4.90. The Balaban J connectivity index is 1.84. The van der Waals surface area contributed by atoms with Crippen molar-refractivity contribution in [3.05, 3.63) is 35.7 Å². The van der Waals surface area contributed by atoms with E-state index in [0.717, 1.165) is 24.9 Å². The van der Waals surface area contributed by atoms with E-state index in [2.05, 4.69) is 15.6 Å². The first-order valence-electron chi connectivity index (χ1n) is 8.59. The largest absolute Gasteiger partial charge is 0.497 e. The molecule has 8 nitrogen and oxygen atoms in total. The van der Waals surface area contributed by atoms with Gasteiger partial charge in [-0.05, 0) is 44.0 Å². The summed E-state index contributed by atoms with van der Waals surface area (Å²) in [4.78, 5) is 24.4. The van der Waals surface area contributed by atoms with Crippen molar-refractivity contribution in [1.82, 2.24) is 20.3 Å². The van der Waals surface area contributed by atoms with Crippen LogP contribution in [0, 0.1) is 6.92 Å². The van der Waals surface area contributed by atoms with Gasteiger partial charge in [-0.15, -0.1) is 5.10 Å². The monoisotopic (exact) mass is 358 g/mol. The van der Waals surface area contributed by atoms with Crippen LogP contribution in [0.1, 0.15) is 48.3 Å². The summed E-state index contributed by atoms with van der Waals surface area (Å²) in [5, 5.41) is 20.3. The number of carboxylic acids is 1. The summed E-state index contributed by atoms with van der Waals surface area (Å²) >= 11 is 0. The van der Waals surface area contributed by atoms with Gasteiger partial charge in [0.25, 0.3) is 5.91 Å². The number of benzene rings is 1. The lowest BCUT2D eigenvalue weighted by molar-refractivity contribution is -0.145. The van der Waals surface area contributed by atoms with E-state index >= 15 is 0 Å². The number of amides is 1. The van der Waals surface area contributed by atoms with E-state index in [0.29, 0.717) is 24.3 Å². The average molecular weight is 358 g/mol. The van der Waals surface area contributed by atoms with Crippen molar-refractivity contribution in [2.45, 2.75) is 44.6 Å². The summed E-state index contributed by atoms with van der Waals surface area (Å²) in [5.41, 5.74) is 0.197. The number of methoxy groups -OCH3 is 1. The van der Waals surface area contributed by atoms with Crippen LogP contribution in [-0.4, -0.2) is 44.6 Å². The van der Waals surface area contributed by atoms with Crippen molar-refractivity contribution in [2.75, 3.05) is 7.11 Å². The van der Waals surface area contributed by atoms with Gasteiger partial charge in [0.15, 0.2) is 5.69 Å². The van der Waals surface area contributed by atoms with E-state index in [-0.39, 0.29) is 5.69 Å². The Bertz CT molecular complexity index is 807. The Hall–Kier alpha value is -2.90. The molecule has 1 aromatic heterocycles. The second-order valence-electron chi connectivity index (χ2n) is 6.54. The number of hydrogen-bond donors (Lipinski definition) is 2. The zero-order valence-corrected chi connectivity index (χ0v) is 14.9. The Morgan fingerprint density at radius 3 is 2.42 bits per heavy atom. The highest BCUT2D eigenvalue weighted by atomic mass is 16.5. The molecule has 1 aliphatic carbocycles. The summed E-state index contributed by atoms with van der Waals surface area (Å²) in [5.74, 6) is -0.789. The minimum atomic E-state index is -1.22. The van der Waals surface area contributed by atoms with Crippen LogP contribution in [-0.2, 0) is 4.79 Å². The van der Waals surface area contributed by atoms with E-state index < -0.39 is 17.4 Å². The van der Waals surface area contributed by atoms with E-state index in [9.17, 15) is 14.7 Å². The van der Waals surface area contributed by atoms with Crippen molar-refractivity contribution >= 4 is 11.9 Å². The van der Waals surface area contributed by atoms with E-state index in [1.54, 1.807) is 30.8 Å². The molecule has 138 valence electrons. The highest BCUT2D eigenvalue weighted by Crippen LogP contribution is 2.29. The molecular weight excluding hydrogens is 336 g/mol. The molecular formula is C18H22N4O4. The third kappa shape index (κ3) is 3.26. The van der Waals surface area contributed by atoms with Crippen LogP contribution in [0.3, 0.4) is 0 Å². The van der Waals surface area contributed by atoms with Crippen molar-refractivity contribution < 1.29 is 19.4 Å².